The zero-order valence-electron chi connectivity index (χ0n) is 13.5. The lowest BCUT2D eigenvalue weighted by molar-refractivity contribution is -0.140. The van der Waals surface area contributed by atoms with E-state index in [0.717, 1.165) is 0 Å². The third kappa shape index (κ3) is 2.99. The van der Waals surface area contributed by atoms with Gasteiger partial charge < -0.3 is 20.5 Å². The first-order chi connectivity index (χ1) is 10.7. The molecule has 7 heteroatoms. The fraction of sp³-hybridized carbons (Fsp3) is 0.438. The van der Waals surface area contributed by atoms with Gasteiger partial charge in [-0.15, -0.1) is 0 Å². The van der Waals surface area contributed by atoms with Crippen molar-refractivity contribution < 1.29 is 24.2 Å². The summed E-state index contributed by atoms with van der Waals surface area (Å²) in [6.45, 7) is 3.49. The lowest BCUT2D eigenvalue weighted by atomic mass is 10.1. The molecule has 0 radical (unpaired) electrons. The van der Waals surface area contributed by atoms with Gasteiger partial charge in [0.05, 0.1) is 24.6 Å². The van der Waals surface area contributed by atoms with Crippen molar-refractivity contribution in [3.8, 4) is 5.75 Å². The Hall–Kier alpha value is -2.57. The van der Waals surface area contributed by atoms with Crippen LogP contribution in [0.3, 0.4) is 0 Å². The Morgan fingerprint density at radius 2 is 1.87 bits per heavy atom. The molecule has 0 aromatic heterocycles. The summed E-state index contributed by atoms with van der Waals surface area (Å²) in [5.74, 6) is -2.60. The number of carboxylic acids is 1. The van der Waals surface area contributed by atoms with Crippen LogP contribution in [-0.4, -0.2) is 37.0 Å². The number of carboxylic acid groups (broad SMARTS) is 1. The van der Waals surface area contributed by atoms with Gasteiger partial charge in [0.2, 0.25) is 5.91 Å². The zero-order valence-corrected chi connectivity index (χ0v) is 13.5. The maximum absolute atomic E-state index is 12.4. The van der Waals surface area contributed by atoms with Crippen molar-refractivity contribution in [3.63, 3.8) is 0 Å². The second kappa shape index (κ2) is 5.91. The van der Waals surface area contributed by atoms with E-state index >= 15 is 0 Å². The highest BCUT2D eigenvalue weighted by atomic mass is 16.5. The number of aliphatic carboxylic acids is 1. The standard InChI is InChI=1S/C16H20N2O5/c1-16(2)11(12(16)15(21)22)14(20)18-9-7-8(13(19)17-3)5-6-10(9)23-4/h5-7,11-12H,1-4H3,(H,17,19)(H,18,20)(H,21,22)/t11-,12-/m0/s1. The first kappa shape index (κ1) is 16.8. The molecule has 1 aromatic carbocycles. The molecule has 124 valence electrons. The van der Waals surface area contributed by atoms with Gasteiger partial charge in [0.25, 0.3) is 5.91 Å². The fourth-order valence-corrected chi connectivity index (χ4v) is 2.89. The maximum atomic E-state index is 12.4. The number of hydrogen-bond donors (Lipinski definition) is 3. The van der Waals surface area contributed by atoms with Crippen LogP contribution >= 0.6 is 0 Å². The number of rotatable bonds is 5. The van der Waals surface area contributed by atoms with Crippen LogP contribution in [-0.2, 0) is 9.59 Å². The summed E-state index contributed by atoms with van der Waals surface area (Å²) in [5, 5.41) is 14.3. The van der Waals surface area contributed by atoms with Gasteiger partial charge >= 0.3 is 5.97 Å². The van der Waals surface area contributed by atoms with Gasteiger partial charge in [-0.25, -0.2) is 0 Å². The third-order valence-corrected chi connectivity index (χ3v) is 4.32. The van der Waals surface area contributed by atoms with Crippen LogP contribution in [0.2, 0.25) is 0 Å². The van der Waals surface area contributed by atoms with Crippen molar-refractivity contribution in [2.75, 3.05) is 19.5 Å². The normalized spacial score (nSPS) is 21.2. The molecule has 2 rings (SSSR count). The van der Waals surface area contributed by atoms with Crippen LogP contribution in [0.1, 0.15) is 24.2 Å². The molecule has 1 fully saturated rings. The number of hydrogen-bond acceptors (Lipinski definition) is 4. The van der Waals surface area contributed by atoms with Crippen LogP contribution in [0.5, 0.6) is 5.75 Å². The van der Waals surface area contributed by atoms with Crippen LogP contribution in [0.25, 0.3) is 0 Å². The zero-order chi connectivity index (χ0) is 17.4. The smallest absolute Gasteiger partial charge is 0.307 e. The van der Waals surface area contributed by atoms with E-state index in [-0.39, 0.29) is 5.91 Å². The summed E-state index contributed by atoms with van der Waals surface area (Å²) in [5.41, 5.74) is 0.112. The molecule has 0 spiro atoms. The molecule has 1 aromatic rings. The van der Waals surface area contributed by atoms with Gasteiger partial charge in [-0.3, -0.25) is 14.4 Å². The summed E-state index contributed by atoms with van der Waals surface area (Å²) in [6, 6.07) is 4.65. The number of amides is 2. The molecule has 7 nitrogen and oxygen atoms in total. The Labute approximate surface area is 134 Å². The molecule has 1 aliphatic carbocycles. The van der Waals surface area contributed by atoms with E-state index in [9.17, 15) is 14.4 Å². The van der Waals surface area contributed by atoms with E-state index in [1.807, 2.05) is 0 Å². The molecule has 2 amide bonds. The van der Waals surface area contributed by atoms with E-state index in [2.05, 4.69) is 10.6 Å². The molecular weight excluding hydrogens is 300 g/mol. The summed E-state index contributed by atoms with van der Waals surface area (Å²) in [7, 11) is 2.96. The van der Waals surface area contributed by atoms with E-state index in [4.69, 9.17) is 9.84 Å². The van der Waals surface area contributed by atoms with Crippen molar-refractivity contribution in [2.24, 2.45) is 17.3 Å². The quantitative estimate of drug-likeness (QED) is 0.759. The number of carbonyl (C=O) groups excluding carboxylic acids is 2. The Morgan fingerprint density at radius 1 is 1.22 bits per heavy atom. The van der Waals surface area contributed by atoms with E-state index in [1.165, 1.54) is 20.2 Å². The molecule has 0 unspecified atom stereocenters. The summed E-state index contributed by atoms with van der Waals surface area (Å²) in [4.78, 5) is 35.3. The van der Waals surface area contributed by atoms with Crippen LogP contribution in [0.4, 0.5) is 5.69 Å². The first-order valence-corrected chi connectivity index (χ1v) is 7.17. The Kier molecular flexibility index (Phi) is 4.31. The summed E-state index contributed by atoms with van der Waals surface area (Å²) >= 11 is 0. The second-order valence-corrected chi connectivity index (χ2v) is 6.10. The minimum absolute atomic E-state index is 0.293. The van der Waals surface area contributed by atoms with Crippen molar-refractivity contribution in [1.82, 2.24) is 5.32 Å². The van der Waals surface area contributed by atoms with E-state index < -0.39 is 29.1 Å². The second-order valence-electron chi connectivity index (χ2n) is 6.10. The van der Waals surface area contributed by atoms with Gasteiger partial charge in [0, 0.05) is 12.6 Å². The average Bonchev–Trinajstić information content (AvgIpc) is 3.09. The fourth-order valence-electron chi connectivity index (χ4n) is 2.89. The number of nitrogens with one attached hydrogen (secondary N) is 2. The average molecular weight is 320 g/mol. The summed E-state index contributed by atoms with van der Waals surface area (Å²) in [6.07, 6.45) is 0. The SMILES string of the molecule is CNC(=O)c1ccc(OC)c(NC(=O)[C@@H]2[C@@H](C(=O)O)C2(C)C)c1. The number of benzene rings is 1. The molecule has 23 heavy (non-hydrogen) atoms. The largest absolute Gasteiger partial charge is 0.495 e. The van der Waals surface area contributed by atoms with Crippen molar-refractivity contribution >= 4 is 23.5 Å². The van der Waals surface area contributed by atoms with Crippen molar-refractivity contribution in [3.05, 3.63) is 23.8 Å². The molecule has 0 heterocycles. The highest BCUT2D eigenvalue weighted by molar-refractivity contribution is 6.02. The lowest BCUT2D eigenvalue weighted by Gasteiger charge is -2.12. The first-order valence-electron chi connectivity index (χ1n) is 7.17. The number of carbonyl (C=O) groups is 3. The van der Waals surface area contributed by atoms with Gasteiger partial charge in [-0.05, 0) is 23.6 Å². The highest BCUT2D eigenvalue weighted by Gasteiger charge is 2.65. The Bertz CT molecular complexity index is 668. The highest BCUT2D eigenvalue weighted by Crippen LogP contribution is 2.58. The number of methoxy groups -OCH3 is 1. The van der Waals surface area contributed by atoms with Crippen LogP contribution < -0.4 is 15.4 Å². The molecule has 1 saturated carbocycles. The lowest BCUT2D eigenvalue weighted by Crippen LogP contribution is -2.20. The molecule has 2 atom stereocenters. The molecule has 3 N–H and O–H groups in total. The summed E-state index contributed by atoms with van der Waals surface area (Å²) < 4.78 is 5.18. The number of anilines is 1. The van der Waals surface area contributed by atoms with E-state index in [0.29, 0.717) is 17.0 Å². The predicted molar refractivity (Wildman–Crippen MR) is 83.4 cm³/mol. The molecule has 0 saturated heterocycles. The van der Waals surface area contributed by atoms with Gasteiger partial charge in [-0.2, -0.15) is 0 Å². The van der Waals surface area contributed by atoms with Crippen molar-refractivity contribution in [2.45, 2.75) is 13.8 Å². The topological polar surface area (TPSA) is 105 Å². The minimum atomic E-state index is -0.985. The van der Waals surface area contributed by atoms with Crippen LogP contribution in [0, 0.1) is 17.3 Å². The molecule has 1 aliphatic rings. The van der Waals surface area contributed by atoms with Gasteiger partial charge in [0.15, 0.2) is 0 Å². The van der Waals surface area contributed by atoms with E-state index in [1.54, 1.807) is 26.0 Å². The van der Waals surface area contributed by atoms with Gasteiger partial charge in [0.1, 0.15) is 5.75 Å². The maximum Gasteiger partial charge on any atom is 0.307 e. The van der Waals surface area contributed by atoms with Crippen molar-refractivity contribution in [1.29, 1.82) is 0 Å². The molecule has 0 bridgehead atoms. The van der Waals surface area contributed by atoms with Crippen LogP contribution in [0.15, 0.2) is 18.2 Å². The predicted octanol–water partition coefficient (Wildman–Crippen LogP) is 1.35. The Morgan fingerprint density at radius 3 is 2.35 bits per heavy atom. The monoisotopic (exact) mass is 320 g/mol. The molecule has 0 aliphatic heterocycles. The molecular formula is C16H20N2O5. The third-order valence-electron chi connectivity index (χ3n) is 4.32. The minimum Gasteiger partial charge on any atom is -0.495 e. The van der Waals surface area contributed by atoms with Gasteiger partial charge in [-0.1, -0.05) is 13.8 Å². The Balaban J connectivity index is 2.24. The number of ether oxygens (including phenoxy) is 1.